The molecule has 0 aliphatic carbocycles. The Morgan fingerprint density at radius 2 is 1.97 bits per heavy atom. The van der Waals surface area contributed by atoms with Crippen molar-refractivity contribution < 1.29 is 14.3 Å². The van der Waals surface area contributed by atoms with E-state index in [0.717, 1.165) is 10.9 Å². The van der Waals surface area contributed by atoms with Crippen LogP contribution in [-0.4, -0.2) is 34.6 Å². The monoisotopic (exact) mass is 611 g/mol. The van der Waals surface area contributed by atoms with E-state index in [1.807, 2.05) is 19.9 Å². The lowest BCUT2D eigenvalue weighted by Crippen LogP contribution is -2.26. The molecule has 1 aromatic heterocycles. The summed E-state index contributed by atoms with van der Waals surface area (Å²) >= 11 is 13.1. The fraction of sp³-hybridized carbons (Fsp3) is 0.333. The lowest BCUT2D eigenvalue weighted by molar-refractivity contribution is -0.150. The van der Waals surface area contributed by atoms with E-state index >= 15 is 0 Å². The summed E-state index contributed by atoms with van der Waals surface area (Å²) in [7, 11) is 0. The van der Waals surface area contributed by atoms with Crippen LogP contribution in [0.25, 0.3) is 10.9 Å². The molecule has 10 heteroatoms. The number of benzene rings is 2. The molecule has 0 bridgehead atoms. The molecule has 0 amide bonds. The number of esters is 1. The fourth-order valence-electron chi connectivity index (χ4n) is 3.18. The van der Waals surface area contributed by atoms with Crippen LogP contribution < -0.4 is 10.3 Å². The van der Waals surface area contributed by atoms with E-state index in [-0.39, 0.29) is 18.1 Å². The van der Waals surface area contributed by atoms with Gasteiger partial charge in [-0.3, -0.25) is 4.79 Å². The van der Waals surface area contributed by atoms with Crippen LogP contribution in [0.2, 0.25) is 5.02 Å². The van der Waals surface area contributed by atoms with Gasteiger partial charge in [0.25, 0.3) is 5.56 Å². The highest BCUT2D eigenvalue weighted by atomic mass is 79.9. The van der Waals surface area contributed by atoms with Crippen molar-refractivity contribution in [3.63, 3.8) is 0 Å². The van der Waals surface area contributed by atoms with Gasteiger partial charge in [-0.2, -0.15) is 9.78 Å². The van der Waals surface area contributed by atoms with Crippen LogP contribution in [0, 0.1) is 0 Å². The van der Waals surface area contributed by atoms with E-state index < -0.39 is 12.1 Å². The Morgan fingerprint density at radius 1 is 1.24 bits per heavy atom. The van der Waals surface area contributed by atoms with Gasteiger partial charge in [0.2, 0.25) is 0 Å². The van der Waals surface area contributed by atoms with Crippen molar-refractivity contribution in [3.8, 4) is 5.75 Å². The van der Waals surface area contributed by atoms with E-state index in [2.05, 4.69) is 37.0 Å². The summed E-state index contributed by atoms with van der Waals surface area (Å²) in [6.45, 7) is 7.58. The van der Waals surface area contributed by atoms with E-state index in [1.165, 1.54) is 10.9 Å². The molecule has 2 atom stereocenters. The SMILES string of the molecule is CCOC(=O)[C@H](C)Oc1c(Br)cc(Cl)cc1C=Nn1c([C@H](C)CC)nc2ccc(Br)cc2c1=O. The maximum Gasteiger partial charge on any atom is 0.347 e. The highest BCUT2D eigenvalue weighted by Gasteiger charge is 2.20. The molecular formula is C24H24Br2ClN3O4. The summed E-state index contributed by atoms with van der Waals surface area (Å²) in [4.78, 5) is 30.2. The van der Waals surface area contributed by atoms with Crippen molar-refractivity contribution >= 4 is 66.5 Å². The molecule has 3 rings (SSSR count). The molecule has 0 unspecified atom stereocenters. The Labute approximate surface area is 219 Å². The van der Waals surface area contributed by atoms with Crippen LogP contribution in [0.3, 0.4) is 0 Å². The Bertz CT molecular complexity index is 1310. The quantitative estimate of drug-likeness (QED) is 0.220. The molecule has 0 aliphatic rings. The highest BCUT2D eigenvalue weighted by Crippen LogP contribution is 2.33. The van der Waals surface area contributed by atoms with E-state index in [4.69, 9.17) is 26.1 Å². The molecule has 34 heavy (non-hydrogen) atoms. The fourth-order valence-corrected chi connectivity index (χ4v) is 4.47. The molecule has 2 aromatic carbocycles. The minimum atomic E-state index is -0.859. The summed E-state index contributed by atoms with van der Waals surface area (Å²) in [5, 5.41) is 5.35. The molecule has 180 valence electrons. The van der Waals surface area contributed by atoms with Crippen LogP contribution in [0.4, 0.5) is 0 Å². The highest BCUT2D eigenvalue weighted by molar-refractivity contribution is 9.10. The molecule has 3 aromatic rings. The maximum absolute atomic E-state index is 13.4. The first-order valence-electron chi connectivity index (χ1n) is 10.7. The number of hydrogen-bond donors (Lipinski definition) is 0. The van der Waals surface area contributed by atoms with Gasteiger partial charge in [-0.25, -0.2) is 9.78 Å². The number of halogens is 3. The summed E-state index contributed by atoms with van der Waals surface area (Å²) in [5.74, 6) is 0.390. The summed E-state index contributed by atoms with van der Waals surface area (Å²) in [5.41, 5.74) is 0.793. The molecule has 1 heterocycles. The van der Waals surface area contributed by atoms with Crippen molar-refractivity contribution in [2.24, 2.45) is 5.10 Å². The Kier molecular flexibility index (Phi) is 8.89. The standard InChI is InChI=1S/C24H24Br2ClN3O4/c1-5-13(3)22-29-20-8-7-16(25)10-18(20)23(31)30(22)28-12-15-9-17(27)11-19(26)21(15)34-14(4)24(32)33-6-2/h7-14H,5-6H2,1-4H3/t13-,14+/m1/s1. The van der Waals surface area contributed by atoms with Crippen LogP contribution in [0.1, 0.15) is 51.4 Å². The first-order valence-corrected chi connectivity index (χ1v) is 12.7. The number of hydrogen-bond acceptors (Lipinski definition) is 6. The van der Waals surface area contributed by atoms with Crippen LogP contribution in [0.5, 0.6) is 5.75 Å². The molecular weight excluding hydrogens is 590 g/mol. The average molecular weight is 614 g/mol. The van der Waals surface area contributed by atoms with Gasteiger partial charge < -0.3 is 9.47 Å². The second kappa shape index (κ2) is 11.5. The summed E-state index contributed by atoms with van der Waals surface area (Å²) in [6.07, 6.45) is 1.39. The lowest BCUT2D eigenvalue weighted by atomic mass is 10.1. The van der Waals surface area contributed by atoms with Crippen molar-refractivity contribution in [1.29, 1.82) is 0 Å². The average Bonchev–Trinajstić information content (AvgIpc) is 2.80. The Morgan fingerprint density at radius 3 is 2.65 bits per heavy atom. The largest absolute Gasteiger partial charge is 0.477 e. The van der Waals surface area contributed by atoms with Gasteiger partial charge in [0.1, 0.15) is 11.6 Å². The second-order valence-electron chi connectivity index (χ2n) is 7.62. The van der Waals surface area contributed by atoms with Gasteiger partial charge in [0, 0.05) is 21.0 Å². The van der Waals surface area contributed by atoms with Crippen molar-refractivity contribution in [3.05, 3.63) is 66.0 Å². The van der Waals surface area contributed by atoms with Gasteiger partial charge in [-0.15, -0.1) is 0 Å². The van der Waals surface area contributed by atoms with Gasteiger partial charge in [-0.05, 0) is 66.5 Å². The first kappa shape index (κ1) is 26.4. The minimum Gasteiger partial charge on any atom is -0.477 e. The van der Waals surface area contributed by atoms with Gasteiger partial charge in [0.15, 0.2) is 6.10 Å². The molecule has 0 fully saturated rings. The maximum atomic E-state index is 13.4. The van der Waals surface area contributed by atoms with Crippen molar-refractivity contribution in [2.45, 2.75) is 46.1 Å². The first-order chi connectivity index (χ1) is 16.2. The third-order valence-corrected chi connectivity index (χ3v) is 6.45. The zero-order valence-electron chi connectivity index (χ0n) is 19.1. The van der Waals surface area contributed by atoms with Crippen molar-refractivity contribution in [1.82, 2.24) is 9.66 Å². The smallest absolute Gasteiger partial charge is 0.347 e. The summed E-state index contributed by atoms with van der Waals surface area (Å²) < 4.78 is 13.5. The number of nitrogens with zero attached hydrogens (tertiary/aromatic N) is 3. The minimum absolute atomic E-state index is 0.0106. The zero-order valence-corrected chi connectivity index (χ0v) is 23.1. The molecule has 0 saturated carbocycles. The molecule has 7 nitrogen and oxygen atoms in total. The topological polar surface area (TPSA) is 82.8 Å². The number of carbonyl (C=O) groups excluding carboxylic acids is 1. The third kappa shape index (κ3) is 5.87. The molecule has 0 spiro atoms. The van der Waals surface area contributed by atoms with Gasteiger partial charge in [0.05, 0.1) is 28.2 Å². The number of rotatable bonds is 8. The van der Waals surface area contributed by atoms with E-state index in [9.17, 15) is 9.59 Å². The third-order valence-electron chi connectivity index (χ3n) is 5.15. The normalized spacial score (nSPS) is 13.3. The predicted molar refractivity (Wildman–Crippen MR) is 141 cm³/mol. The number of ether oxygens (including phenoxy) is 2. The Balaban J connectivity index is 2.13. The van der Waals surface area contributed by atoms with Crippen LogP contribution in [-0.2, 0) is 9.53 Å². The molecule has 0 radical (unpaired) electrons. The molecule has 0 saturated heterocycles. The van der Waals surface area contributed by atoms with Crippen molar-refractivity contribution in [2.75, 3.05) is 6.61 Å². The van der Waals surface area contributed by atoms with Gasteiger partial charge in [-0.1, -0.05) is 41.4 Å². The summed E-state index contributed by atoms with van der Waals surface area (Å²) in [6, 6.07) is 8.67. The number of carbonyl (C=O) groups is 1. The second-order valence-corrected chi connectivity index (χ2v) is 9.83. The number of fused-ring (bicyclic) bond motifs is 1. The Hall–Kier alpha value is -2.23. The molecule has 0 aliphatic heterocycles. The van der Waals surface area contributed by atoms with E-state index in [0.29, 0.717) is 37.5 Å². The van der Waals surface area contributed by atoms with Crippen LogP contribution >= 0.6 is 43.5 Å². The number of aromatic nitrogens is 2. The molecule has 0 N–H and O–H groups in total. The zero-order chi connectivity index (χ0) is 25.0. The van der Waals surface area contributed by atoms with E-state index in [1.54, 1.807) is 38.1 Å². The lowest BCUT2D eigenvalue weighted by Gasteiger charge is -2.17. The van der Waals surface area contributed by atoms with Crippen LogP contribution in [0.15, 0.2) is 49.2 Å². The van der Waals surface area contributed by atoms with Gasteiger partial charge >= 0.3 is 5.97 Å². The predicted octanol–water partition coefficient (Wildman–Crippen LogP) is 6.30.